The molecule has 0 saturated carbocycles. The van der Waals surface area contributed by atoms with Crippen LogP contribution in [0.3, 0.4) is 0 Å². The van der Waals surface area contributed by atoms with Gasteiger partial charge in [-0.15, -0.1) is 0 Å². The van der Waals surface area contributed by atoms with Crippen molar-refractivity contribution in [1.82, 2.24) is 5.32 Å². The molecule has 90 valence electrons. The van der Waals surface area contributed by atoms with Crippen LogP contribution in [0.25, 0.3) is 0 Å². The van der Waals surface area contributed by atoms with Gasteiger partial charge < -0.3 is 9.32 Å². The van der Waals surface area contributed by atoms with Crippen molar-refractivity contribution >= 4 is 24.0 Å². The Morgan fingerprint density at radius 1 is 1.53 bits per heavy atom. The standard InChI is InChI=1S/C11H12N2O4/c1-2-8-11(16)12-9(15)5-13(8)10-4-3-7(6-14)17-10/h3-4,6,8H,2,5H2,1H3,(H,12,15,16). The van der Waals surface area contributed by atoms with Crippen LogP contribution in [0.1, 0.15) is 23.9 Å². The summed E-state index contributed by atoms with van der Waals surface area (Å²) in [6.45, 7) is 1.90. The minimum absolute atomic E-state index is 0.0516. The van der Waals surface area contributed by atoms with E-state index < -0.39 is 6.04 Å². The Balaban J connectivity index is 2.30. The lowest BCUT2D eigenvalue weighted by Gasteiger charge is -2.32. The van der Waals surface area contributed by atoms with Gasteiger partial charge in [-0.3, -0.25) is 19.7 Å². The smallest absolute Gasteiger partial charge is 0.249 e. The molecule has 6 nitrogen and oxygen atoms in total. The van der Waals surface area contributed by atoms with Crippen LogP contribution in [0.15, 0.2) is 16.5 Å². The summed E-state index contributed by atoms with van der Waals surface area (Å²) >= 11 is 0. The first kappa shape index (κ1) is 11.4. The molecule has 0 radical (unpaired) electrons. The van der Waals surface area contributed by atoms with Crippen molar-refractivity contribution in [3.05, 3.63) is 17.9 Å². The molecule has 2 rings (SSSR count). The molecule has 1 unspecified atom stereocenters. The van der Waals surface area contributed by atoms with Gasteiger partial charge in [0.15, 0.2) is 17.9 Å². The average molecular weight is 236 g/mol. The molecule has 1 aliphatic rings. The number of nitrogens with one attached hydrogen (secondary N) is 1. The zero-order valence-corrected chi connectivity index (χ0v) is 9.30. The van der Waals surface area contributed by atoms with Crippen molar-refractivity contribution < 1.29 is 18.8 Å². The highest BCUT2D eigenvalue weighted by Crippen LogP contribution is 2.22. The number of hydrogen-bond donors (Lipinski definition) is 1. The van der Waals surface area contributed by atoms with Gasteiger partial charge in [0.05, 0.1) is 0 Å². The van der Waals surface area contributed by atoms with Crippen LogP contribution in [-0.4, -0.2) is 30.7 Å². The van der Waals surface area contributed by atoms with Gasteiger partial charge in [0.1, 0.15) is 12.6 Å². The third-order valence-electron chi connectivity index (χ3n) is 2.65. The van der Waals surface area contributed by atoms with E-state index >= 15 is 0 Å². The Bertz CT molecular complexity index is 466. The summed E-state index contributed by atoms with van der Waals surface area (Å²) in [7, 11) is 0. The number of hydrogen-bond acceptors (Lipinski definition) is 5. The summed E-state index contributed by atoms with van der Waals surface area (Å²) in [6, 6.07) is 2.64. The summed E-state index contributed by atoms with van der Waals surface area (Å²) < 4.78 is 5.23. The molecule has 1 aliphatic heterocycles. The van der Waals surface area contributed by atoms with E-state index in [2.05, 4.69) is 5.32 Å². The lowest BCUT2D eigenvalue weighted by atomic mass is 10.1. The van der Waals surface area contributed by atoms with Gasteiger partial charge in [-0.2, -0.15) is 0 Å². The third-order valence-corrected chi connectivity index (χ3v) is 2.65. The number of piperazine rings is 1. The van der Waals surface area contributed by atoms with Crippen LogP contribution in [0.4, 0.5) is 5.88 Å². The van der Waals surface area contributed by atoms with Crippen LogP contribution in [0.5, 0.6) is 0 Å². The predicted molar refractivity (Wildman–Crippen MR) is 58.7 cm³/mol. The summed E-state index contributed by atoms with van der Waals surface area (Å²) in [5, 5.41) is 2.27. The maximum Gasteiger partial charge on any atom is 0.249 e. The van der Waals surface area contributed by atoms with E-state index in [1.165, 1.54) is 6.07 Å². The molecule has 1 aromatic rings. The predicted octanol–water partition coefficient (Wildman–Crippen LogP) is 0.333. The monoisotopic (exact) mass is 236 g/mol. The SMILES string of the molecule is CCC1C(=O)NC(=O)CN1c1ccc(C=O)o1. The minimum atomic E-state index is -0.446. The number of carbonyl (C=O) groups excluding carboxylic acids is 3. The van der Waals surface area contributed by atoms with E-state index in [0.717, 1.165) is 0 Å². The maximum absolute atomic E-state index is 11.6. The van der Waals surface area contributed by atoms with Crippen molar-refractivity contribution in [3.63, 3.8) is 0 Å². The van der Waals surface area contributed by atoms with Crippen molar-refractivity contribution in [2.24, 2.45) is 0 Å². The lowest BCUT2D eigenvalue weighted by Crippen LogP contribution is -2.58. The highest BCUT2D eigenvalue weighted by atomic mass is 16.4. The van der Waals surface area contributed by atoms with E-state index in [0.29, 0.717) is 18.6 Å². The molecular formula is C11H12N2O4. The lowest BCUT2D eigenvalue weighted by molar-refractivity contribution is -0.133. The number of aldehydes is 1. The van der Waals surface area contributed by atoms with Crippen molar-refractivity contribution in [1.29, 1.82) is 0 Å². The van der Waals surface area contributed by atoms with E-state index in [9.17, 15) is 14.4 Å². The molecule has 2 amide bonds. The highest BCUT2D eigenvalue weighted by molar-refractivity contribution is 6.04. The van der Waals surface area contributed by atoms with E-state index in [1.54, 1.807) is 11.0 Å². The number of carbonyl (C=O) groups is 3. The molecule has 1 fully saturated rings. The van der Waals surface area contributed by atoms with Crippen LogP contribution < -0.4 is 10.2 Å². The summed E-state index contributed by atoms with van der Waals surface area (Å²) in [4.78, 5) is 35.0. The normalized spacial score (nSPS) is 20.3. The van der Waals surface area contributed by atoms with E-state index in [-0.39, 0.29) is 24.1 Å². The fourth-order valence-corrected chi connectivity index (χ4v) is 1.86. The minimum Gasteiger partial charge on any atom is -0.438 e. The van der Waals surface area contributed by atoms with Crippen LogP contribution >= 0.6 is 0 Å². The molecule has 0 bridgehead atoms. The highest BCUT2D eigenvalue weighted by Gasteiger charge is 2.33. The first-order valence-corrected chi connectivity index (χ1v) is 5.31. The Hall–Kier alpha value is -2.11. The number of rotatable bonds is 3. The summed E-state index contributed by atoms with van der Waals surface area (Å²) in [6.07, 6.45) is 1.13. The molecule has 0 spiro atoms. The fourth-order valence-electron chi connectivity index (χ4n) is 1.86. The van der Waals surface area contributed by atoms with Gasteiger partial charge in [-0.05, 0) is 12.5 Å². The molecule has 0 aliphatic carbocycles. The largest absolute Gasteiger partial charge is 0.438 e. The van der Waals surface area contributed by atoms with E-state index in [1.807, 2.05) is 6.92 Å². The first-order valence-electron chi connectivity index (χ1n) is 5.31. The number of amides is 2. The molecule has 1 N–H and O–H groups in total. The molecule has 17 heavy (non-hydrogen) atoms. The zero-order chi connectivity index (χ0) is 12.4. The van der Waals surface area contributed by atoms with E-state index in [4.69, 9.17) is 4.42 Å². The molecule has 1 atom stereocenters. The van der Waals surface area contributed by atoms with Gasteiger partial charge in [-0.25, -0.2) is 0 Å². The Labute approximate surface area is 97.6 Å². The second-order valence-electron chi connectivity index (χ2n) is 3.76. The summed E-state index contributed by atoms with van der Waals surface area (Å²) in [5.74, 6) is -0.174. The molecule has 1 saturated heterocycles. The number of anilines is 1. The number of nitrogens with zero attached hydrogens (tertiary/aromatic N) is 1. The average Bonchev–Trinajstić information content (AvgIpc) is 2.76. The molecule has 1 aromatic heterocycles. The van der Waals surface area contributed by atoms with Gasteiger partial charge in [-0.1, -0.05) is 6.92 Å². The van der Waals surface area contributed by atoms with Gasteiger partial charge >= 0.3 is 0 Å². The zero-order valence-electron chi connectivity index (χ0n) is 9.30. The third kappa shape index (κ3) is 2.06. The van der Waals surface area contributed by atoms with Crippen LogP contribution in [0, 0.1) is 0 Å². The first-order chi connectivity index (χ1) is 8.15. The summed E-state index contributed by atoms with van der Waals surface area (Å²) in [5.41, 5.74) is 0. The van der Waals surface area contributed by atoms with Gasteiger partial charge in [0, 0.05) is 6.07 Å². The Morgan fingerprint density at radius 3 is 2.88 bits per heavy atom. The van der Waals surface area contributed by atoms with Crippen molar-refractivity contribution in [2.75, 3.05) is 11.4 Å². The quantitative estimate of drug-likeness (QED) is 0.604. The molecule has 2 heterocycles. The fraction of sp³-hybridized carbons (Fsp3) is 0.364. The second-order valence-corrected chi connectivity index (χ2v) is 3.76. The maximum atomic E-state index is 11.6. The number of imide groups is 1. The molecular weight excluding hydrogens is 224 g/mol. The Morgan fingerprint density at radius 2 is 2.29 bits per heavy atom. The molecule has 6 heteroatoms. The van der Waals surface area contributed by atoms with Gasteiger partial charge in [0.2, 0.25) is 11.8 Å². The van der Waals surface area contributed by atoms with Crippen molar-refractivity contribution in [3.8, 4) is 0 Å². The van der Waals surface area contributed by atoms with Crippen molar-refractivity contribution in [2.45, 2.75) is 19.4 Å². The van der Waals surface area contributed by atoms with Crippen LogP contribution in [-0.2, 0) is 9.59 Å². The number of furan rings is 1. The second kappa shape index (κ2) is 4.40. The molecule has 0 aromatic carbocycles. The van der Waals surface area contributed by atoms with Gasteiger partial charge in [0.25, 0.3) is 0 Å². The topological polar surface area (TPSA) is 79.6 Å². The Kier molecular flexibility index (Phi) is 2.95. The van der Waals surface area contributed by atoms with Crippen LogP contribution in [0.2, 0.25) is 0 Å².